The summed E-state index contributed by atoms with van der Waals surface area (Å²) in [4.78, 5) is 8.88. The third-order valence-electron chi connectivity index (χ3n) is 3.63. The molecule has 0 aliphatic carbocycles. The van der Waals surface area contributed by atoms with Crippen molar-refractivity contribution in [1.82, 2.24) is 20.8 Å². The van der Waals surface area contributed by atoms with Gasteiger partial charge in [0.15, 0.2) is 11.8 Å². The molecule has 0 saturated heterocycles. The minimum absolute atomic E-state index is 0. The van der Waals surface area contributed by atoms with Crippen molar-refractivity contribution in [3.63, 3.8) is 0 Å². The minimum Gasteiger partial charge on any atom is -0.489 e. The Balaban J connectivity index is 0.00000392. The fourth-order valence-electron chi connectivity index (χ4n) is 2.24. The van der Waals surface area contributed by atoms with Crippen LogP contribution in [-0.4, -0.2) is 41.8 Å². The third kappa shape index (κ3) is 8.41. The Morgan fingerprint density at radius 3 is 2.54 bits per heavy atom. The number of guanidine groups is 1. The number of benzene rings is 1. The van der Waals surface area contributed by atoms with Crippen LogP contribution >= 0.6 is 24.0 Å². The summed E-state index contributed by atoms with van der Waals surface area (Å²) < 4.78 is 23.9. The zero-order valence-corrected chi connectivity index (χ0v) is 19.1. The molecule has 0 radical (unpaired) electrons. The zero-order valence-electron chi connectivity index (χ0n) is 16.7. The van der Waals surface area contributed by atoms with Gasteiger partial charge in [0.05, 0.1) is 6.54 Å². The number of aliphatic imine (C=N–C) groups is 1. The van der Waals surface area contributed by atoms with E-state index in [0.717, 1.165) is 12.4 Å². The number of ether oxygens (including phenoxy) is 1. The van der Waals surface area contributed by atoms with Gasteiger partial charge in [-0.1, -0.05) is 19.0 Å². The van der Waals surface area contributed by atoms with Gasteiger partial charge in [0.25, 0.3) is 0 Å². The molecule has 0 aliphatic heterocycles. The Bertz CT molecular complexity index is 721. The lowest BCUT2D eigenvalue weighted by Gasteiger charge is -2.15. The lowest BCUT2D eigenvalue weighted by molar-refractivity contribution is 0.230. The molecule has 1 aromatic heterocycles. The molecule has 1 atom stereocenters. The van der Waals surface area contributed by atoms with E-state index in [1.165, 1.54) is 12.1 Å². The summed E-state index contributed by atoms with van der Waals surface area (Å²) in [7, 11) is 0. The molecule has 0 amide bonds. The van der Waals surface area contributed by atoms with E-state index >= 15 is 0 Å². The van der Waals surface area contributed by atoms with Crippen LogP contribution in [-0.2, 0) is 6.42 Å². The summed E-state index contributed by atoms with van der Waals surface area (Å²) in [5, 5.41) is 10.4. The number of nitrogens with zero attached hydrogens (tertiary/aromatic N) is 3. The fourth-order valence-corrected chi connectivity index (χ4v) is 2.24. The summed E-state index contributed by atoms with van der Waals surface area (Å²) in [6, 6.07) is 5.96. The summed E-state index contributed by atoms with van der Waals surface area (Å²) >= 11 is 0. The van der Waals surface area contributed by atoms with Crippen LogP contribution in [0.1, 0.15) is 45.3 Å². The van der Waals surface area contributed by atoms with E-state index in [-0.39, 0.29) is 41.8 Å². The van der Waals surface area contributed by atoms with E-state index < -0.39 is 0 Å². The highest BCUT2D eigenvalue weighted by Gasteiger charge is 2.10. The summed E-state index contributed by atoms with van der Waals surface area (Å²) in [5.41, 5.74) is 0. The average Bonchev–Trinajstić information content (AvgIpc) is 3.11. The van der Waals surface area contributed by atoms with E-state index in [1.807, 2.05) is 27.7 Å². The smallest absolute Gasteiger partial charge is 0.228 e. The first-order valence-electron chi connectivity index (χ1n) is 9.24. The van der Waals surface area contributed by atoms with Crippen LogP contribution in [0, 0.1) is 5.82 Å². The minimum atomic E-state index is -0.284. The molecule has 9 heteroatoms. The topological polar surface area (TPSA) is 84.6 Å². The predicted molar refractivity (Wildman–Crippen MR) is 118 cm³/mol. The van der Waals surface area contributed by atoms with Gasteiger partial charge in [0, 0.05) is 25.4 Å². The molecule has 2 N–H and O–H groups in total. The largest absolute Gasteiger partial charge is 0.489 e. The number of halogens is 2. The Hall–Kier alpha value is -1.91. The maximum atomic E-state index is 12.9. The Labute approximate surface area is 182 Å². The molecular weight excluding hydrogens is 476 g/mol. The summed E-state index contributed by atoms with van der Waals surface area (Å²) in [6.45, 7) is 9.81. The molecule has 0 fully saturated rings. The monoisotopic (exact) mass is 505 g/mol. The number of aromatic nitrogens is 2. The molecule has 28 heavy (non-hydrogen) atoms. The molecule has 0 spiro atoms. The second kappa shape index (κ2) is 12.5. The normalized spacial score (nSPS) is 12.4. The first-order valence-corrected chi connectivity index (χ1v) is 9.24. The van der Waals surface area contributed by atoms with E-state index in [2.05, 4.69) is 25.8 Å². The molecule has 0 saturated carbocycles. The van der Waals surface area contributed by atoms with Crippen molar-refractivity contribution >= 4 is 29.9 Å². The van der Waals surface area contributed by atoms with E-state index in [4.69, 9.17) is 9.26 Å². The fraction of sp³-hybridized carbons (Fsp3) is 0.526. The van der Waals surface area contributed by atoms with Crippen molar-refractivity contribution in [2.75, 3.05) is 19.6 Å². The highest BCUT2D eigenvalue weighted by molar-refractivity contribution is 14.0. The van der Waals surface area contributed by atoms with Gasteiger partial charge in [-0.3, -0.25) is 0 Å². The van der Waals surface area contributed by atoms with Gasteiger partial charge in [-0.2, -0.15) is 4.98 Å². The van der Waals surface area contributed by atoms with Gasteiger partial charge in [-0.05, 0) is 38.1 Å². The van der Waals surface area contributed by atoms with Gasteiger partial charge in [0.1, 0.15) is 17.7 Å². The van der Waals surface area contributed by atoms with Gasteiger partial charge in [-0.25, -0.2) is 9.38 Å². The van der Waals surface area contributed by atoms with Gasteiger partial charge in [-0.15, -0.1) is 24.0 Å². The van der Waals surface area contributed by atoms with E-state index in [9.17, 15) is 4.39 Å². The molecule has 1 aromatic carbocycles. The van der Waals surface area contributed by atoms with Crippen molar-refractivity contribution in [2.24, 2.45) is 4.99 Å². The molecule has 2 rings (SSSR count). The number of hydrogen-bond acceptors (Lipinski definition) is 5. The number of nitrogens with one attached hydrogen (secondary N) is 2. The van der Waals surface area contributed by atoms with Gasteiger partial charge in [0.2, 0.25) is 5.89 Å². The van der Waals surface area contributed by atoms with Crippen LogP contribution in [0.25, 0.3) is 0 Å². The number of hydrogen-bond donors (Lipinski definition) is 2. The second-order valence-corrected chi connectivity index (χ2v) is 6.48. The van der Waals surface area contributed by atoms with Crippen molar-refractivity contribution in [3.8, 4) is 5.75 Å². The Kier molecular flexibility index (Phi) is 10.8. The second-order valence-electron chi connectivity index (χ2n) is 6.48. The molecule has 1 heterocycles. The Morgan fingerprint density at radius 2 is 1.93 bits per heavy atom. The van der Waals surface area contributed by atoms with Gasteiger partial charge < -0.3 is 19.9 Å². The molecule has 2 aromatic rings. The standard InChI is InChI=1S/C19H28FN5O2.HI/c1-5-21-19(22-11-10-17-24-18(13(2)3)25-27-17)23-12-14(4)26-16-8-6-15(20)7-9-16;/h6-9,13-14H,5,10-12H2,1-4H3,(H2,21,22,23);1H. The molecule has 7 nitrogen and oxygen atoms in total. The highest BCUT2D eigenvalue weighted by Crippen LogP contribution is 2.13. The van der Waals surface area contributed by atoms with Crippen molar-refractivity contribution in [2.45, 2.75) is 46.1 Å². The maximum Gasteiger partial charge on any atom is 0.228 e. The maximum absolute atomic E-state index is 12.9. The molecule has 0 bridgehead atoms. The number of rotatable bonds is 9. The predicted octanol–water partition coefficient (Wildman–Crippen LogP) is 3.52. The highest BCUT2D eigenvalue weighted by atomic mass is 127. The van der Waals surface area contributed by atoms with Crippen molar-refractivity contribution in [1.29, 1.82) is 0 Å². The molecule has 0 aliphatic rings. The molecule has 1 unspecified atom stereocenters. The molecule has 156 valence electrons. The van der Waals surface area contributed by atoms with Crippen LogP contribution in [0.2, 0.25) is 0 Å². The lowest BCUT2D eigenvalue weighted by Crippen LogP contribution is -2.39. The lowest BCUT2D eigenvalue weighted by atomic mass is 10.2. The van der Waals surface area contributed by atoms with Crippen LogP contribution in [0.3, 0.4) is 0 Å². The van der Waals surface area contributed by atoms with Crippen molar-refractivity contribution in [3.05, 3.63) is 41.8 Å². The first kappa shape index (κ1) is 24.1. The summed E-state index contributed by atoms with van der Waals surface area (Å²) in [5.74, 6) is 2.60. The summed E-state index contributed by atoms with van der Waals surface area (Å²) in [6.07, 6.45) is 0.474. The zero-order chi connectivity index (χ0) is 19.6. The van der Waals surface area contributed by atoms with Crippen LogP contribution < -0.4 is 15.4 Å². The molecular formula is C19H29FIN5O2. The SMILES string of the molecule is CCNC(=NCC(C)Oc1ccc(F)cc1)NCCc1nc(C(C)C)no1.I. The average molecular weight is 505 g/mol. The first-order chi connectivity index (χ1) is 13.0. The van der Waals surface area contributed by atoms with Crippen molar-refractivity contribution < 1.29 is 13.7 Å². The van der Waals surface area contributed by atoms with Crippen LogP contribution in [0.5, 0.6) is 5.75 Å². The van der Waals surface area contributed by atoms with Crippen LogP contribution in [0.15, 0.2) is 33.8 Å². The van der Waals surface area contributed by atoms with E-state index in [1.54, 1.807) is 12.1 Å². The van der Waals surface area contributed by atoms with Gasteiger partial charge >= 0.3 is 0 Å². The van der Waals surface area contributed by atoms with E-state index in [0.29, 0.717) is 37.1 Å². The Morgan fingerprint density at radius 1 is 1.21 bits per heavy atom. The van der Waals surface area contributed by atoms with Crippen LogP contribution in [0.4, 0.5) is 4.39 Å². The third-order valence-corrected chi connectivity index (χ3v) is 3.63. The quantitative estimate of drug-likeness (QED) is 0.308.